The number of carbonyl (C=O) groups excluding carboxylic acids is 2. The molecule has 0 bridgehead atoms. The van der Waals surface area contributed by atoms with Gasteiger partial charge in [-0.15, -0.1) is 0 Å². The fraction of sp³-hybridized carbons (Fsp3) is 0.818. The van der Waals surface area contributed by atoms with Crippen LogP contribution < -0.4 is 0 Å². The van der Waals surface area contributed by atoms with Crippen LogP contribution >= 0.6 is 0 Å². The quantitative estimate of drug-likeness (QED) is 0.777. The number of ether oxygens (including phenoxy) is 1. The van der Waals surface area contributed by atoms with Crippen LogP contribution in [-0.2, 0) is 14.3 Å². The van der Waals surface area contributed by atoms with Crippen molar-refractivity contribution in [2.75, 3.05) is 6.61 Å². The third-order valence-corrected chi connectivity index (χ3v) is 8.44. The second-order valence-electron chi connectivity index (χ2n) is 9.32. The van der Waals surface area contributed by atoms with Crippen LogP contribution in [0.5, 0.6) is 0 Å². The highest BCUT2D eigenvalue weighted by atomic mass is 16.5. The van der Waals surface area contributed by atoms with Crippen molar-refractivity contribution >= 4 is 11.8 Å². The fourth-order valence-corrected chi connectivity index (χ4v) is 7.05. The lowest BCUT2D eigenvalue weighted by Crippen LogP contribution is -2.53. The number of hydrogen-bond acceptors (Lipinski definition) is 4. The van der Waals surface area contributed by atoms with E-state index in [-0.39, 0.29) is 35.3 Å². The summed E-state index contributed by atoms with van der Waals surface area (Å²) in [6, 6.07) is 0. The zero-order chi connectivity index (χ0) is 18.5. The Kier molecular flexibility index (Phi) is 4.53. The summed E-state index contributed by atoms with van der Waals surface area (Å²) in [7, 11) is 0. The fourth-order valence-electron chi connectivity index (χ4n) is 7.05. The molecule has 4 nitrogen and oxygen atoms in total. The van der Waals surface area contributed by atoms with Crippen LogP contribution in [0.4, 0.5) is 0 Å². The molecule has 3 saturated carbocycles. The molecule has 4 heteroatoms. The number of esters is 1. The SMILES string of the molecule is CCC(=O)OC1CC[C@H]2[C@@H]3CCC4=CC(=O)CC[C@]4(CO)[C@@H]3CC[C@]12C. The summed E-state index contributed by atoms with van der Waals surface area (Å²) in [6.45, 7) is 4.36. The van der Waals surface area contributed by atoms with Gasteiger partial charge in [0.05, 0.1) is 6.61 Å². The molecular formula is C22H32O4. The molecule has 0 aromatic rings. The van der Waals surface area contributed by atoms with Crippen LogP contribution in [0, 0.1) is 28.6 Å². The van der Waals surface area contributed by atoms with Crippen LogP contribution in [0.1, 0.15) is 71.6 Å². The maximum Gasteiger partial charge on any atom is 0.305 e. The molecule has 144 valence electrons. The third kappa shape index (κ3) is 2.51. The largest absolute Gasteiger partial charge is 0.462 e. The summed E-state index contributed by atoms with van der Waals surface area (Å²) in [5.74, 6) is 1.77. The van der Waals surface area contributed by atoms with Gasteiger partial charge >= 0.3 is 5.97 Å². The highest BCUT2D eigenvalue weighted by molar-refractivity contribution is 5.91. The summed E-state index contributed by atoms with van der Waals surface area (Å²) in [6.07, 6.45) is 10.0. The summed E-state index contributed by atoms with van der Waals surface area (Å²) in [5.41, 5.74) is 1.12. The van der Waals surface area contributed by atoms with Gasteiger partial charge in [0.15, 0.2) is 5.78 Å². The Morgan fingerprint density at radius 1 is 1.19 bits per heavy atom. The number of hydrogen-bond donors (Lipinski definition) is 1. The summed E-state index contributed by atoms with van der Waals surface area (Å²) >= 11 is 0. The molecule has 1 unspecified atom stereocenters. The van der Waals surface area contributed by atoms with Gasteiger partial charge < -0.3 is 9.84 Å². The van der Waals surface area contributed by atoms with Crippen molar-refractivity contribution in [2.24, 2.45) is 28.6 Å². The first kappa shape index (κ1) is 18.2. The lowest BCUT2D eigenvalue weighted by Gasteiger charge is -2.58. The standard InChI is InChI=1S/C22H32O4/c1-3-20(25)26-19-7-6-17-16-5-4-14-12-15(24)8-11-22(14,13-23)18(16)9-10-21(17,19)2/h12,16-19,23H,3-11,13H2,1-2H3/t16-,17-,18+,19?,21-,22+/m0/s1. The van der Waals surface area contributed by atoms with Crippen LogP contribution in [0.25, 0.3) is 0 Å². The van der Waals surface area contributed by atoms with Crippen LogP contribution in [0.3, 0.4) is 0 Å². The molecule has 0 aromatic heterocycles. The van der Waals surface area contributed by atoms with Gasteiger partial charge in [-0.25, -0.2) is 0 Å². The first-order valence-corrected chi connectivity index (χ1v) is 10.5. The number of fused-ring (bicyclic) bond motifs is 5. The summed E-state index contributed by atoms with van der Waals surface area (Å²) in [5, 5.41) is 10.4. The van der Waals surface area contributed by atoms with Gasteiger partial charge in [-0.1, -0.05) is 19.4 Å². The van der Waals surface area contributed by atoms with Crippen LogP contribution in [0.15, 0.2) is 11.6 Å². The Labute approximate surface area is 156 Å². The van der Waals surface area contributed by atoms with Gasteiger partial charge in [-0.3, -0.25) is 9.59 Å². The van der Waals surface area contributed by atoms with E-state index in [9.17, 15) is 14.7 Å². The van der Waals surface area contributed by atoms with Gasteiger partial charge in [0.1, 0.15) is 6.10 Å². The molecular weight excluding hydrogens is 328 g/mol. The zero-order valence-corrected chi connectivity index (χ0v) is 16.1. The summed E-state index contributed by atoms with van der Waals surface area (Å²) < 4.78 is 5.84. The highest BCUT2D eigenvalue weighted by Gasteiger charge is 2.60. The normalized spacial score (nSPS) is 44.6. The monoisotopic (exact) mass is 360 g/mol. The van der Waals surface area contributed by atoms with E-state index < -0.39 is 0 Å². The van der Waals surface area contributed by atoms with Crippen molar-refractivity contribution < 1.29 is 19.4 Å². The minimum Gasteiger partial charge on any atom is -0.462 e. The van der Waals surface area contributed by atoms with Gasteiger partial charge in [0.2, 0.25) is 0 Å². The Morgan fingerprint density at radius 2 is 2.00 bits per heavy atom. The first-order valence-electron chi connectivity index (χ1n) is 10.5. The second kappa shape index (κ2) is 6.47. The molecule has 26 heavy (non-hydrogen) atoms. The number of rotatable bonds is 3. The summed E-state index contributed by atoms with van der Waals surface area (Å²) in [4.78, 5) is 23.8. The Bertz CT molecular complexity index is 638. The molecule has 3 fully saturated rings. The molecule has 0 amide bonds. The van der Waals surface area contributed by atoms with Crippen LogP contribution in [0.2, 0.25) is 0 Å². The third-order valence-electron chi connectivity index (χ3n) is 8.44. The van der Waals surface area contributed by atoms with Crippen molar-refractivity contribution in [3.8, 4) is 0 Å². The topological polar surface area (TPSA) is 63.6 Å². The highest BCUT2D eigenvalue weighted by Crippen LogP contribution is 2.65. The van der Waals surface area contributed by atoms with Crippen molar-refractivity contribution in [1.82, 2.24) is 0 Å². The minimum absolute atomic E-state index is 0.0517. The van der Waals surface area contributed by atoms with Crippen molar-refractivity contribution in [2.45, 2.75) is 77.7 Å². The van der Waals surface area contributed by atoms with Gasteiger partial charge in [-0.05, 0) is 68.8 Å². The molecule has 1 N–H and O–H groups in total. The van der Waals surface area contributed by atoms with E-state index in [1.165, 1.54) is 5.57 Å². The molecule has 0 saturated heterocycles. The van der Waals surface area contributed by atoms with Crippen LogP contribution in [-0.4, -0.2) is 29.6 Å². The van der Waals surface area contributed by atoms with E-state index in [1.807, 2.05) is 13.0 Å². The number of ketones is 1. The van der Waals surface area contributed by atoms with E-state index in [2.05, 4.69) is 6.92 Å². The van der Waals surface area contributed by atoms with E-state index in [4.69, 9.17) is 4.74 Å². The lowest BCUT2D eigenvalue weighted by molar-refractivity contribution is -0.160. The molecule has 4 rings (SSSR count). The Balaban J connectivity index is 1.62. The van der Waals surface area contributed by atoms with E-state index in [0.717, 1.165) is 44.9 Å². The number of carbonyl (C=O) groups is 2. The maximum absolute atomic E-state index is 11.9. The number of aliphatic hydroxyl groups is 1. The maximum atomic E-state index is 11.9. The molecule has 4 aliphatic carbocycles. The molecule has 0 aliphatic heterocycles. The molecule has 0 aromatic carbocycles. The average molecular weight is 360 g/mol. The smallest absolute Gasteiger partial charge is 0.305 e. The molecule has 0 radical (unpaired) electrons. The van der Waals surface area contributed by atoms with E-state index in [1.54, 1.807) is 0 Å². The Morgan fingerprint density at radius 3 is 2.73 bits per heavy atom. The minimum atomic E-state index is -0.170. The molecule has 4 aliphatic rings. The average Bonchev–Trinajstić information content (AvgIpc) is 2.97. The van der Waals surface area contributed by atoms with E-state index in [0.29, 0.717) is 30.6 Å². The molecule has 6 atom stereocenters. The van der Waals surface area contributed by atoms with Gasteiger partial charge in [0.25, 0.3) is 0 Å². The predicted molar refractivity (Wildman–Crippen MR) is 98.3 cm³/mol. The molecule has 0 spiro atoms. The van der Waals surface area contributed by atoms with Crippen molar-refractivity contribution in [3.05, 3.63) is 11.6 Å². The first-order chi connectivity index (χ1) is 12.4. The zero-order valence-electron chi connectivity index (χ0n) is 16.1. The van der Waals surface area contributed by atoms with E-state index >= 15 is 0 Å². The predicted octanol–water partition coefficient (Wildman–Crippen LogP) is 3.81. The number of aliphatic hydroxyl groups excluding tert-OH is 1. The van der Waals surface area contributed by atoms with Crippen molar-refractivity contribution in [1.29, 1.82) is 0 Å². The van der Waals surface area contributed by atoms with Gasteiger partial charge in [-0.2, -0.15) is 0 Å². The lowest BCUT2D eigenvalue weighted by atomic mass is 9.47. The van der Waals surface area contributed by atoms with Gasteiger partial charge in [0, 0.05) is 23.7 Å². The van der Waals surface area contributed by atoms with Crippen molar-refractivity contribution in [3.63, 3.8) is 0 Å². The second-order valence-corrected chi connectivity index (χ2v) is 9.32. The Hall–Kier alpha value is -1.16. The molecule has 0 heterocycles.